The number of carbonyl (C=O) groups excluding carboxylic acids is 1. The molecule has 0 N–H and O–H groups in total. The Morgan fingerprint density at radius 3 is 2.77 bits per heavy atom. The number of esters is 1. The van der Waals surface area contributed by atoms with Gasteiger partial charge in [-0.1, -0.05) is 29.8 Å². The molecule has 0 bridgehead atoms. The molecule has 1 saturated heterocycles. The fourth-order valence-electron chi connectivity index (χ4n) is 5.86. The first-order chi connectivity index (χ1) is 20.8. The molecule has 5 heterocycles. The summed E-state index contributed by atoms with van der Waals surface area (Å²) >= 11 is 5.97. The third-order valence-corrected chi connectivity index (χ3v) is 8.49. The minimum Gasteiger partial charge on any atom is -0.464 e. The van der Waals surface area contributed by atoms with Crippen LogP contribution in [0.25, 0.3) is 16.7 Å². The van der Waals surface area contributed by atoms with Crippen molar-refractivity contribution in [2.45, 2.75) is 44.7 Å². The highest BCUT2D eigenvalue weighted by molar-refractivity contribution is 6.30. The number of benzene rings is 2. The van der Waals surface area contributed by atoms with Crippen LogP contribution in [0.2, 0.25) is 5.02 Å². The van der Waals surface area contributed by atoms with Crippen molar-refractivity contribution in [2.24, 2.45) is 0 Å². The van der Waals surface area contributed by atoms with Crippen LogP contribution in [-0.4, -0.2) is 58.3 Å². The first-order valence-electron chi connectivity index (χ1n) is 14.3. The Labute approximate surface area is 252 Å². The summed E-state index contributed by atoms with van der Waals surface area (Å²) in [6.45, 7) is 5.19. The number of nitrogens with zero attached hydrogens (tertiary/aromatic N) is 4. The first-order valence-corrected chi connectivity index (χ1v) is 14.6. The number of halogens is 2. The molecule has 1 fully saturated rings. The molecule has 11 heteroatoms. The van der Waals surface area contributed by atoms with E-state index in [1.165, 1.54) is 13.2 Å². The number of imidazole rings is 1. The number of para-hydroxylation sites is 1. The van der Waals surface area contributed by atoms with Crippen LogP contribution in [0.5, 0.6) is 11.5 Å². The molecular weight excluding hydrogens is 575 g/mol. The zero-order chi connectivity index (χ0) is 29.7. The van der Waals surface area contributed by atoms with Gasteiger partial charge < -0.3 is 23.5 Å². The first kappa shape index (κ1) is 27.8. The van der Waals surface area contributed by atoms with E-state index in [1.54, 1.807) is 25.1 Å². The summed E-state index contributed by atoms with van der Waals surface area (Å²) in [5, 5.41) is 0.312. The van der Waals surface area contributed by atoms with Crippen LogP contribution in [-0.2, 0) is 28.4 Å². The maximum atomic E-state index is 14.8. The van der Waals surface area contributed by atoms with Gasteiger partial charge in [0, 0.05) is 37.2 Å². The molecule has 0 spiro atoms. The topological polar surface area (TPSA) is 87.9 Å². The Hall–Kier alpha value is -3.99. The molecule has 0 aliphatic carbocycles. The highest BCUT2D eigenvalue weighted by atomic mass is 35.5. The number of ether oxygens (including phenoxy) is 4. The van der Waals surface area contributed by atoms with Crippen molar-refractivity contribution in [3.8, 4) is 11.5 Å². The van der Waals surface area contributed by atoms with Crippen molar-refractivity contribution in [1.82, 2.24) is 19.4 Å². The Kier molecular flexibility index (Phi) is 7.07. The van der Waals surface area contributed by atoms with Crippen LogP contribution < -0.4 is 9.47 Å². The van der Waals surface area contributed by atoms with E-state index in [-0.39, 0.29) is 17.4 Å². The summed E-state index contributed by atoms with van der Waals surface area (Å²) in [5.41, 5.74) is 3.99. The number of fused-ring (bicyclic) bond motifs is 2. The van der Waals surface area contributed by atoms with E-state index >= 15 is 0 Å². The average molecular weight is 605 g/mol. The minimum absolute atomic E-state index is 0.0991. The predicted molar refractivity (Wildman–Crippen MR) is 158 cm³/mol. The van der Waals surface area contributed by atoms with E-state index in [0.717, 1.165) is 48.5 Å². The van der Waals surface area contributed by atoms with Crippen molar-refractivity contribution in [3.05, 3.63) is 88.1 Å². The number of rotatable bonds is 7. The van der Waals surface area contributed by atoms with Gasteiger partial charge in [-0.25, -0.2) is 19.2 Å². The molecule has 2 aromatic carbocycles. The van der Waals surface area contributed by atoms with Crippen LogP contribution in [0.3, 0.4) is 0 Å². The number of hydrogen-bond acceptors (Lipinski definition) is 8. The fourth-order valence-corrected chi connectivity index (χ4v) is 6.02. The molecule has 222 valence electrons. The van der Waals surface area contributed by atoms with Crippen molar-refractivity contribution in [1.29, 1.82) is 0 Å². The van der Waals surface area contributed by atoms with E-state index in [4.69, 9.17) is 35.5 Å². The number of methoxy groups -OCH3 is 1. The lowest BCUT2D eigenvalue weighted by atomic mass is 9.98. The molecule has 0 unspecified atom stereocenters. The zero-order valence-corrected chi connectivity index (χ0v) is 24.6. The molecule has 0 amide bonds. The molecule has 43 heavy (non-hydrogen) atoms. The van der Waals surface area contributed by atoms with E-state index in [1.807, 2.05) is 24.3 Å². The standard InChI is InChI=1S/C32H30ClFN4O5/c1-32(23-7-6-20(33)16-24(23)34)42-27-5-3-4-22(29(27)43-32)19-10-13-37(14-11-19)18-28-35-25-8-9-26(31(39)40-2)36-30(25)38(28)17-21-12-15-41-21/h3-10,16,21H,11-15,17-18H2,1-2H3/t21-,32-/m0/s1. The van der Waals surface area contributed by atoms with E-state index in [0.29, 0.717) is 41.8 Å². The van der Waals surface area contributed by atoms with E-state index in [2.05, 4.69) is 20.5 Å². The molecule has 2 atom stereocenters. The largest absolute Gasteiger partial charge is 0.464 e. The van der Waals surface area contributed by atoms with Gasteiger partial charge in [0.2, 0.25) is 0 Å². The Balaban J connectivity index is 1.12. The normalized spacial score (nSPS) is 21.5. The van der Waals surface area contributed by atoms with Crippen LogP contribution in [0, 0.1) is 5.82 Å². The van der Waals surface area contributed by atoms with Gasteiger partial charge in [-0.05, 0) is 54.8 Å². The zero-order valence-electron chi connectivity index (χ0n) is 23.8. The van der Waals surface area contributed by atoms with E-state index < -0.39 is 17.6 Å². The van der Waals surface area contributed by atoms with Gasteiger partial charge in [-0.3, -0.25) is 4.90 Å². The van der Waals surface area contributed by atoms with Gasteiger partial charge in [0.15, 0.2) is 22.8 Å². The lowest BCUT2D eigenvalue weighted by Crippen LogP contribution is -2.34. The molecule has 2 aromatic heterocycles. The van der Waals surface area contributed by atoms with Crippen LogP contribution in [0.1, 0.15) is 47.2 Å². The second kappa shape index (κ2) is 10.9. The minimum atomic E-state index is -1.31. The molecule has 0 radical (unpaired) electrons. The maximum Gasteiger partial charge on any atom is 0.356 e. The average Bonchev–Trinajstić information content (AvgIpc) is 3.51. The highest BCUT2D eigenvalue weighted by Crippen LogP contribution is 2.49. The third-order valence-electron chi connectivity index (χ3n) is 8.25. The number of hydrogen-bond donors (Lipinski definition) is 0. The van der Waals surface area contributed by atoms with Gasteiger partial charge in [0.25, 0.3) is 5.79 Å². The smallest absolute Gasteiger partial charge is 0.356 e. The monoisotopic (exact) mass is 604 g/mol. The summed E-state index contributed by atoms with van der Waals surface area (Å²) in [7, 11) is 1.35. The van der Waals surface area contributed by atoms with Crippen LogP contribution in [0.4, 0.5) is 4.39 Å². The van der Waals surface area contributed by atoms with Gasteiger partial charge in [-0.15, -0.1) is 0 Å². The Morgan fingerprint density at radius 2 is 2.05 bits per heavy atom. The lowest BCUT2D eigenvalue weighted by molar-refractivity contribution is -0.0708. The summed E-state index contributed by atoms with van der Waals surface area (Å²) in [6, 6.07) is 13.7. The fraction of sp³-hybridized carbons (Fsp3) is 0.344. The number of aromatic nitrogens is 3. The van der Waals surface area contributed by atoms with Gasteiger partial charge >= 0.3 is 5.97 Å². The molecule has 9 nitrogen and oxygen atoms in total. The lowest BCUT2D eigenvalue weighted by Gasteiger charge is -2.29. The molecule has 7 rings (SSSR count). The number of pyridine rings is 1. The van der Waals surface area contributed by atoms with Crippen molar-refractivity contribution < 1.29 is 28.1 Å². The van der Waals surface area contributed by atoms with Crippen LogP contribution >= 0.6 is 11.6 Å². The second-order valence-corrected chi connectivity index (χ2v) is 11.5. The Bertz CT molecular complexity index is 1770. The van der Waals surface area contributed by atoms with Gasteiger partial charge in [0.1, 0.15) is 17.2 Å². The summed E-state index contributed by atoms with van der Waals surface area (Å²) in [5.74, 6) is -0.222. The van der Waals surface area contributed by atoms with Crippen molar-refractivity contribution >= 4 is 34.3 Å². The summed E-state index contributed by atoms with van der Waals surface area (Å²) in [6.07, 6.45) is 4.05. The van der Waals surface area contributed by atoms with Crippen molar-refractivity contribution in [3.63, 3.8) is 0 Å². The molecular formula is C32H30ClFN4O5. The number of carbonyl (C=O) groups is 1. The van der Waals surface area contributed by atoms with Crippen LogP contribution in [0.15, 0.2) is 54.6 Å². The maximum absolute atomic E-state index is 14.8. The third kappa shape index (κ3) is 5.13. The summed E-state index contributed by atoms with van der Waals surface area (Å²) < 4.78 is 39.9. The molecule has 3 aliphatic rings. The highest BCUT2D eigenvalue weighted by Gasteiger charge is 2.42. The van der Waals surface area contributed by atoms with Gasteiger partial charge in [0.05, 0.1) is 31.9 Å². The SMILES string of the molecule is COC(=O)c1ccc2nc(CN3CC=C(c4cccc5c4O[C@@](C)(c4ccc(Cl)cc4F)O5)CC3)n(C[C@@H]3CCO3)c2n1. The molecule has 4 aromatic rings. The Morgan fingerprint density at radius 1 is 1.19 bits per heavy atom. The second-order valence-electron chi connectivity index (χ2n) is 11.1. The van der Waals surface area contributed by atoms with E-state index in [9.17, 15) is 9.18 Å². The van der Waals surface area contributed by atoms with Gasteiger partial charge in [-0.2, -0.15) is 0 Å². The predicted octanol–water partition coefficient (Wildman–Crippen LogP) is 5.73. The summed E-state index contributed by atoms with van der Waals surface area (Å²) in [4.78, 5) is 23.9. The molecule has 0 saturated carbocycles. The quantitative estimate of drug-likeness (QED) is 0.247. The molecule has 3 aliphatic heterocycles. The van der Waals surface area contributed by atoms with Crippen molar-refractivity contribution in [2.75, 3.05) is 26.8 Å².